The van der Waals surface area contributed by atoms with Crippen molar-refractivity contribution in [3.63, 3.8) is 0 Å². The Morgan fingerprint density at radius 3 is 2.47 bits per heavy atom. The normalized spacial score (nSPS) is 28.3. The van der Waals surface area contributed by atoms with Gasteiger partial charge in [-0.1, -0.05) is 30.3 Å². The van der Waals surface area contributed by atoms with E-state index in [4.69, 9.17) is 10.5 Å². The van der Waals surface area contributed by atoms with E-state index in [1.165, 1.54) is 0 Å². The first-order valence-electron chi connectivity index (χ1n) is 6.44. The van der Waals surface area contributed by atoms with E-state index in [-0.39, 0.29) is 12.0 Å². The molecule has 1 aromatic rings. The van der Waals surface area contributed by atoms with E-state index < -0.39 is 18.9 Å². The summed E-state index contributed by atoms with van der Waals surface area (Å²) >= 11 is 0. The largest absolute Gasteiger partial charge is 0.411 e. The maximum Gasteiger partial charge on any atom is 0.411 e. The van der Waals surface area contributed by atoms with Gasteiger partial charge in [-0.15, -0.1) is 0 Å². The molecule has 0 bridgehead atoms. The molecule has 1 saturated carbocycles. The maximum atomic E-state index is 12.2. The average molecular weight is 273 g/mol. The summed E-state index contributed by atoms with van der Waals surface area (Å²) in [5.41, 5.74) is 7.00. The third kappa shape index (κ3) is 4.21. The van der Waals surface area contributed by atoms with Crippen LogP contribution in [0.2, 0.25) is 0 Å². The summed E-state index contributed by atoms with van der Waals surface area (Å²) in [4.78, 5) is 0. The van der Waals surface area contributed by atoms with Crippen LogP contribution in [-0.2, 0) is 4.74 Å². The van der Waals surface area contributed by atoms with E-state index in [9.17, 15) is 13.2 Å². The fourth-order valence-electron chi connectivity index (χ4n) is 2.57. The molecule has 0 aliphatic heterocycles. The number of benzene rings is 1. The number of alkyl halides is 3. The molecule has 19 heavy (non-hydrogen) atoms. The minimum Gasteiger partial charge on any atom is -0.367 e. The first kappa shape index (κ1) is 14.3. The molecular weight excluding hydrogens is 255 g/mol. The van der Waals surface area contributed by atoms with E-state index in [1.54, 1.807) is 0 Å². The van der Waals surface area contributed by atoms with E-state index in [2.05, 4.69) is 0 Å². The van der Waals surface area contributed by atoms with Gasteiger partial charge in [0.1, 0.15) is 6.61 Å². The lowest BCUT2D eigenvalue weighted by atomic mass is 9.80. The van der Waals surface area contributed by atoms with Crippen molar-refractivity contribution in [2.75, 3.05) is 6.61 Å². The van der Waals surface area contributed by atoms with Crippen LogP contribution in [0, 0.1) is 0 Å². The number of hydrogen-bond acceptors (Lipinski definition) is 2. The van der Waals surface area contributed by atoms with Crippen LogP contribution in [0.25, 0.3) is 0 Å². The Morgan fingerprint density at radius 1 is 1.16 bits per heavy atom. The highest BCUT2D eigenvalue weighted by Crippen LogP contribution is 2.34. The fourth-order valence-corrected chi connectivity index (χ4v) is 2.57. The first-order chi connectivity index (χ1) is 8.96. The number of hydrogen-bond donors (Lipinski definition) is 1. The molecule has 2 N–H and O–H groups in total. The SMILES string of the molecule is NC1CCC(c2ccccc2)CC1OCC(F)(F)F. The Balaban J connectivity index is 1.96. The lowest BCUT2D eigenvalue weighted by molar-refractivity contribution is -0.190. The third-order valence-electron chi connectivity index (χ3n) is 3.57. The van der Waals surface area contributed by atoms with Gasteiger partial charge in [-0.3, -0.25) is 0 Å². The molecule has 1 aliphatic carbocycles. The van der Waals surface area contributed by atoms with E-state index >= 15 is 0 Å². The molecule has 3 atom stereocenters. The molecule has 0 saturated heterocycles. The predicted molar refractivity (Wildman–Crippen MR) is 66.8 cm³/mol. The minimum absolute atomic E-state index is 0.235. The van der Waals surface area contributed by atoms with Crippen molar-refractivity contribution in [1.29, 1.82) is 0 Å². The van der Waals surface area contributed by atoms with Gasteiger partial charge >= 0.3 is 6.18 Å². The molecule has 0 radical (unpaired) electrons. The van der Waals surface area contributed by atoms with Gasteiger partial charge < -0.3 is 10.5 Å². The summed E-state index contributed by atoms with van der Waals surface area (Å²) in [5.74, 6) is 0.235. The van der Waals surface area contributed by atoms with E-state index in [0.717, 1.165) is 12.0 Å². The summed E-state index contributed by atoms with van der Waals surface area (Å²) in [6.07, 6.45) is -2.65. The Hall–Kier alpha value is -1.07. The summed E-state index contributed by atoms with van der Waals surface area (Å²) in [5, 5.41) is 0. The first-order valence-corrected chi connectivity index (χ1v) is 6.44. The Bertz CT molecular complexity index is 393. The van der Waals surface area contributed by atoms with Crippen molar-refractivity contribution >= 4 is 0 Å². The quantitative estimate of drug-likeness (QED) is 0.917. The summed E-state index contributed by atoms with van der Waals surface area (Å²) in [6.45, 7) is -1.22. The highest BCUT2D eigenvalue weighted by molar-refractivity contribution is 5.20. The highest BCUT2D eigenvalue weighted by atomic mass is 19.4. The van der Waals surface area contributed by atoms with Crippen LogP contribution in [0.4, 0.5) is 13.2 Å². The van der Waals surface area contributed by atoms with Gasteiger partial charge in [0.05, 0.1) is 6.10 Å². The fraction of sp³-hybridized carbons (Fsp3) is 0.571. The number of rotatable bonds is 3. The zero-order valence-electron chi connectivity index (χ0n) is 10.6. The van der Waals surface area contributed by atoms with Crippen molar-refractivity contribution in [2.24, 2.45) is 5.73 Å². The van der Waals surface area contributed by atoms with Crippen molar-refractivity contribution in [1.82, 2.24) is 0 Å². The monoisotopic (exact) mass is 273 g/mol. The molecule has 0 heterocycles. The molecule has 1 aliphatic rings. The van der Waals surface area contributed by atoms with Gasteiger partial charge in [0.25, 0.3) is 0 Å². The standard InChI is InChI=1S/C14H18F3NO/c15-14(16,17)9-19-13-8-11(6-7-12(13)18)10-4-2-1-3-5-10/h1-5,11-13H,6-9,18H2. The van der Waals surface area contributed by atoms with Gasteiger partial charge in [-0.05, 0) is 30.7 Å². The van der Waals surface area contributed by atoms with Crippen LogP contribution >= 0.6 is 0 Å². The molecule has 0 amide bonds. The van der Waals surface area contributed by atoms with E-state index in [0.29, 0.717) is 12.8 Å². The minimum atomic E-state index is -4.29. The van der Waals surface area contributed by atoms with Crippen LogP contribution in [0.15, 0.2) is 30.3 Å². The van der Waals surface area contributed by atoms with Crippen molar-refractivity contribution in [2.45, 2.75) is 43.5 Å². The van der Waals surface area contributed by atoms with E-state index in [1.807, 2.05) is 30.3 Å². The number of halogens is 3. The zero-order chi connectivity index (χ0) is 13.9. The number of nitrogens with two attached hydrogens (primary N) is 1. The molecule has 0 spiro atoms. The Labute approximate surface area is 110 Å². The van der Waals surface area contributed by atoms with Crippen LogP contribution in [0.3, 0.4) is 0 Å². The second kappa shape index (κ2) is 5.92. The predicted octanol–water partition coefficient (Wildman–Crippen LogP) is 3.23. The highest BCUT2D eigenvalue weighted by Gasteiger charge is 2.34. The van der Waals surface area contributed by atoms with Crippen LogP contribution < -0.4 is 5.73 Å². The smallest absolute Gasteiger partial charge is 0.367 e. The van der Waals surface area contributed by atoms with Crippen LogP contribution in [-0.4, -0.2) is 24.9 Å². The van der Waals surface area contributed by atoms with Gasteiger partial charge in [0, 0.05) is 6.04 Å². The van der Waals surface area contributed by atoms with Gasteiger partial charge in [-0.2, -0.15) is 13.2 Å². The molecular formula is C14H18F3NO. The van der Waals surface area contributed by atoms with Crippen LogP contribution in [0.1, 0.15) is 30.7 Å². The Morgan fingerprint density at radius 2 is 1.84 bits per heavy atom. The summed E-state index contributed by atoms with van der Waals surface area (Å²) in [7, 11) is 0. The molecule has 2 nitrogen and oxygen atoms in total. The molecule has 1 fully saturated rings. The summed E-state index contributed by atoms with van der Waals surface area (Å²) < 4.78 is 41.5. The molecule has 0 aromatic heterocycles. The molecule has 5 heteroatoms. The molecule has 3 unspecified atom stereocenters. The topological polar surface area (TPSA) is 35.2 Å². The van der Waals surface area contributed by atoms with Gasteiger partial charge in [0.15, 0.2) is 0 Å². The number of ether oxygens (including phenoxy) is 1. The lowest BCUT2D eigenvalue weighted by Crippen LogP contribution is -2.43. The van der Waals surface area contributed by atoms with Gasteiger partial charge in [-0.25, -0.2) is 0 Å². The summed E-state index contributed by atoms with van der Waals surface area (Å²) in [6, 6.07) is 9.51. The second-order valence-corrected chi connectivity index (χ2v) is 5.05. The van der Waals surface area contributed by atoms with Gasteiger partial charge in [0.2, 0.25) is 0 Å². The maximum absolute atomic E-state index is 12.2. The van der Waals surface area contributed by atoms with Crippen LogP contribution in [0.5, 0.6) is 0 Å². The zero-order valence-corrected chi connectivity index (χ0v) is 10.6. The molecule has 1 aromatic carbocycles. The Kier molecular flexibility index (Phi) is 4.47. The average Bonchev–Trinajstić information content (AvgIpc) is 2.38. The third-order valence-corrected chi connectivity index (χ3v) is 3.57. The van der Waals surface area contributed by atoms with Crippen molar-refractivity contribution in [3.05, 3.63) is 35.9 Å². The second-order valence-electron chi connectivity index (χ2n) is 5.05. The van der Waals surface area contributed by atoms with Crippen molar-refractivity contribution in [3.8, 4) is 0 Å². The lowest BCUT2D eigenvalue weighted by Gasteiger charge is -2.34. The van der Waals surface area contributed by atoms with Crippen molar-refractivity contribution < 1.29 is 17.9 Å². The molecule has 106 valence electrons. The molecule has 2 rings (SSSR count).